The van der Waals surface area contributed by atoms with E-state index in [1.165, 1.54) is 0 Å². The van der Waals surface area contributed by atoms with Crippen LogP contribution in [0.1, 0.15) is 0 Å². The highest BCUT2D eigenvalue weighted by Crippen LogP contribution is 2.39. The van der Waals surface area contributed by atoms with Gasteiger partial charge in [-0.15, -0.1) is 0 Å². The van der Waals surface area contributed by atoms with Gasteiger partial charge in [0, 0.05) is 11.5 Å². The molecule has 0 bridgehead atoms. The van der Waals surface area contributed by atoms with Gasteiger partial charge in [0.25, 0.3) is 0 Å². The summed E-state index contributed by atoms with van der Waals surface area (Å²) in [4.78, 5) is 0. The number of benzene rings is 2. The molecule has 0 fully saturated rings. The number of hydrogen-bond acceptors (Lipinski definition) is 4. The quantitative estimate of drug-likeness (QED) is 0.548. The SMILES string of the molecule is COc1cc(OC)c2c3cc(OC)c(OC)cc3c[n+](C)c2c1. The van der Waals surface area contributed by atoms with Crippen molar-refractivity contribution in [3.05, 3.63) is 30.5 Å². The van der Waals surface area contributed by atoms with Crippen molar-refractivity contribution in [2.45, 2.75) is 0 Å². The summed E-state index contributed by atoms with van der Waals surface area (Å²) in [5.41, 5.74) is 1.01. The molecule has 5 heteroatoms. The Morgan fingerprint density at radius 3 is 2.00 bits per heavy atom. The first-order chi connectivity index (χ1) is 11.1. The molecule has 0 amide bonds. The maximum Gasteiger partial charge on any atom is 0.220 e. The van der Waals surface area contributed by atoms with Crippen LogP contribution in [0.15, 0.2) is 30.5 Å². The summed E-state index contributed by atoms with van der Waals surface area (Å²) in [6, 6.07) is 7.83. The fourth-order valence-corrected chi connectivity index (χ4v) is 2.90. The first kappa shape index (κ1) is 15.2. The minimum absolute atomic E-state index is 0.688. The van der Waals surface area contributed by atoms with Crippen molar-refractivity contribution in [2.75, 3.05) is 28.4 Å². The van der Waals surface area contributed by atoms with Gasteiger partial charge in [0.15, 0.2) is 17.7 Å². The molecule has 0 aliphatic heterocycles. The zero-order chi connectivity index (χ0) is 16.6. The first-order valence-corrected chi connectivity index (χ1v) is 7.23. The molecule has 0 unspecified atom stereocenters. The molecular formula is C18H20NO4+. The largest absolute Gasteiger partial charge is 0.496 e. The molecule has 3 rings (SSSR count). The van der Waals surface area contributed by atoms with Crippen LogP contribution in [0.5, 0.6) is 23.0 Å². The molecule has 3 aromatic rings. The van der Waals surface area contributed by atoms with E-state index in [0.717, 1.165) is 33.2 Å². The minimum Gasteiger partial charge on any atom is -0.496 e. The van der Waals surface area contributed by atoms with E-state index in [1.807, 2.05) is 31.3 Å². The lowest BCUT2D eigenvalue weighted by Crippen LogP contribution is -2.28. The molecule has 2 aromatic carbocycles. The monoisotopic (exact) mass is 314 g/mol. The number of methoxy groups -OCH3 is 4. The molecule has 0 aliphatic carbocycles. The highest BCUT2D eigenvalue weighted by Gasteiger charge is 2.19. The van der Waals surface area contributed by atoms with E-state index in [-0.39, 0.29) is 0 Å². The lowest BCUT2D eigenvalue weighted by Gasteiger charge is -2.12. The first-order valence-electron chi connectivity index (χ1n) is 7.23. The van der Waals surface area contributed by atoms with Gasteiger partial charge in [-0.2, -0.15) is 0 Å². The average Bonchev–Trinajstić information content (AvgIpc) is 2.59. The number of rotatable bonds is 4. The number of pyridine rings is 1. The Morgan fingerprint density at radius 1 is 0.739 bits per heavy atom. The summed E-state index contributed by atoms with van der Waals surface area (Å²) in [7, 11) is 8.58. The maximum absolute atomic E-state index is 5.60. The van der Waals surface area contributed by atoms with Crippen molar-refractivity contribution in [1.29, 1.82) is 0 Å². The molecule has 0 aliphatic rings. The van der Waals surface area contributed by atoms with Crippen LogP contribution in [0.3, 0.4) is 0 Å². The molecule has 120 valence electrons. The van der Waals surface area contributed by atoms with Crippen molar-refractivity contribution < 1.29 is 23.5 Å². The van der Waals surface area contributed by atoms with Gasteiger partial charge in [0.1, 0.15) is 18.5 Å². The molecule has 0 radical (unpaired) electrons. The molecule has 0 N–H and O–H groups in total. The molecule has 23 heavy (non-hydrogen) atoms. The van der Waals surface area contributed by atoms with Crippen LogP contribution >= 0.6 is 0 Å². The second-order valence-corrected chi connectivity index (χ2v) is 5.26. The topological polar surface area (TPSA) is 40.8 Å². The molecule has 5 nitrogen and oxygen atoms in total. The standard InChI is InChI=1S/C18H20NO4/c1-19-10-11-6-15(21-3)16(22-4)9-13(11)18-14(19)7-12(20-2)8-17(18)23-5/h6-10H,1-5H3/q+1. The Bertz CT molecular complexity index is 889. The maximum atomic E-state index is 5.60. The number of nitrogens with zero attached hydrogens (tertiary/aromatic N) is 1. The smallest absolute Gasteiger partial charge is 0.220 e. The van der Waals surface area contributed by atoms with Crippen LogP contribution in [0.2, 0.25) is 0 Å². The van der Waals surface area contributed by atoms with Gasteiger partial charge in [0.2, 0.25) is 5.52 Å². The molecule has 0 saturated carbocycles. The second kappa shape index (κ2) is 5.83. The number of hydrogen-bond donors (Lipinski definition) is 0. The van der Waals surface area contributed by atoms with Gasteiger partial charge >= 0.3 is 0 Å². The molecule has 1 aromatic heterocycles. The Morgan fingerprint density at radius 2 is 1.39 bits per heavy atom. The minimum atomic E-state index is 0.688. The second-order valence-electron chi connectivity index (χ2n) is 5.26. The van der Waals surface area contributed by atoms with E-state index >= 15 is 0 Å². The van der Waals surface area contributed by atoms with E-state index in [4.69, 9.17) is 18.9 Å². The zero-order valence-corrected chi connectivity index (χ0v) is 14.0. The van der Waals surface area contributed by atoms with Gasteiger partial charge in [-0.3, -0.25) is 0 Å². The van der Waals surface area contributed by atoms with Crippen LogP contribution in [-0.4, -0.2) is 28.4 Å². The van der Waals surface area contributed by atoms with Crippen molar-refractivity contribution in [2.24, 2.45) is 7.05 Å². The zero-order valence-electron chi connectivity index (χ0n) is 14.0. The van der Waals surface area contributed by atoms with Crippen molar-refractivity contribution in [3.8, 4) is 23.0 Å². The van der Waals surface area contributed by atoms with Gasteiger partial charge in [-0.05, 0) is 12.1 Å². The summed E-state index contributed by atoms with van der Waals surface area (Å²) in [6.45, 7) is 0. The summed E-state index contributed by atoms with van der Waals surface area (Å²) < 4.78 is 23.9. The van der Waals surface area contributed by atoms with Gasteiger partial charge in [-0.1, -0.05) is 0 Å². The Balaban J connectivity index is 2.50. The summed E-state index contributed by atoms with van der Waals surface area (Å²) in [5.74, 6) is 2.90. The van der Waals surface area contributed by atoms with Crippen LogP contribution in [-0.2, 0) is 7.05 Å². The Kier molecular flexibility index (Phi) is 3.86. The van der Waals surface area contributed by atoms with Crippen LogP contribution < -0.4 is 23.5 Å². The molecule has 0 saturated heterocycles. The lowest BCUT2D eigenvalue weighted by molar-refractivity contribution is -0.643. The summed E-state index contributed by atoms with van der Waals surface area (Å²) in [5, 5.41) is 3.09. The lowest BCUT2D eigenvalue weighted by atomic mass is 10.0. The third kappa shape index (κ3) is 2.38. The predicted molar refractivity (Wildman–Crippen MR) is 88.8 cm³/mol. The third-order valence-corrected chi connectivity index (χ3v) is 4.05. The van der Waals surface area contributed by atoms with Gasteiger partial charge < -0.3 is 18.9 Å². The Hall–Kier alpha value is -2.69. The van der Waals surface area contributed by atoms with E-state index in [9.17, 15) is 0 Å². The highest BCUT2D eigenvalue weighted by molar-refractivity contribution is 6.08. The molecule has 1 heterocycles. The van der Waals surface area contributed by atoms with E-state index in [1.54, 1.807) is 28.4 Å². The molecule has 0 atom stereocenters. The molecule has 0 spiro atoms. The summed E-state index contributed by atoms with van der Waals surface area (Å²) >= 11 is 0. The van der Waals surface area contributed by atoms with Crippen molar-refractivity contribution >= 4 is 21.7 Å². The van der Waals surface area contributed by atoms with Crippen LogP contribution in [0.25, 0.3) is 21.7 Å². The number of aryl methyl sites for hydroxylation is 1. The van der Waals surface area contributed by atoms with Crippen molar-refractivity contribution in [3.63, 3.8) is 0 Å². The summed E-state index contributed by atoms with van der Waals surface area (Å²) in [6.07, 6.45) is 2.05. The van der Waals surface area contributed by atoms with Crippen molar-refractivity contribution in [1.82, 2.24) is 0 Å². The number of fused-ring (bicyclic) bond motifs is 3. The number of ether oxygens (including phenoxy) is 4. The van der Waals surface area contributed by atoms with Crippen LogP contribution in [0.4, 0.5) is 0 Å². The fraction of sp³-hybridized carbons (Fsp3) is 0.278. The average molecular weight is 314 g/mol. The number of aromatic nitrogens is 1. The predicted octanol–water partition coefficient (Wildman–Crippen LogP) is 2.85. The van der Waals surface area contributed by atoms with Crippen LogP contribution in [0, 0.1) is 0 Å². The third-order valence-electron chi connectivity index (χ3n) is 4.05. The van der Waals surface area contributed by atoms with E-state index in [2.05, 4.69) is 10.8 Å². The highest BCUT2D eigenvalue weighted by atomic mass is 16.5. The molecular weight excluding hydrogens is 294 g/mol. The van der Waals surface area contributed by atoms with E-state index < -0.39 is 0 Å². The van der Waals surface area contributed by atoms with E-state index in [0.29, 0.717) is 11.5 Å². The Labute approximate surface area is 135 Å². The van der Waals surface area contributed by atoms with Gasteiger partial charge in [0.05, 0.1) is 45.3 Å². The fourth-order valence-electron chi connectivity index (χ4n) is 2.90. The van der Waals surface area contributed by atoms with Gasteiger partial charge in [-0.25, -0.2) is 4.57 Å². The normalized spacial score (nSPS) is 10.8.